The lowest BCUT2D eigenvalue weighted by molar-refractivity contribution is 0.584. The van der Waals surface area contributed by atoms with Crippen molar-refractivity contribution in [1.82, 2.24) is 15.0 Å². The number of anilines is 4. The van der Waals surface area contributed by atoms with Crippen LogP contribution in [-0.2, 0) is 0 Å². The number of para-hydroxylation sites is 1. The summed E-state index contributed by atoms with van der Waals surface area (Å²) in [6.45, 7) is 0. The molecule has 0 atom stereocenters. The first-order chi connectivity index (χ1) is 16.0. The van der Waals surface area contributed by atoms with Gasteiger partial charge in [0.25, 0.3) is 5.56 Å². The minimum Gasteiger partial charge on any atom is -0.343 e. The number of nitrogens with one attached hydrogen (secondary N) is 2. The second-order valence-corrected chi connectivity index (χ2v) is 8.21. The first-order valence-corrected chi connectivity index (χ1v) is 10.8. The first-order valence-electron chi connectivity index (χ1n) is 9.97. The third-order valence-corrected chi connectivity index (χ3v) is 5.86. The molecule has 0 amide bonds. The molecular formula is C24H17F2N5OS. The van der Waals surface area contributed by atoms with Gasteiger partial charge >= 0.3 is 0 Å². The van der Waals surface area contributed by atoms with Crippen molar-refractivity contribution in [1.29, 1.82) is 0 Å². The van der Waals surface area contributed by atoms with Crippen LogP contribution in [0.2, 0.25) is 0 Å². The Bertz CT molecular complexity index is 1500. The molecule has 9 heteroatoms. The SMILES string of the molecule is CN(c1ccccc1)c1cc2ncc(=O)[nH]c2cc1Nc1nc(-c2cc(F)cc(F)c2)cs1. The Morgan fingerprint density at radius 1 is 1.03 bits per heavy atom. The third kappa shape index (κ3) is 4.31. The maximum atomic E-state index is 13.6. The molecule has 5 rings (SSSR count). The van der Waals surface area contributed by atoms with Crippen molar-refractivity contribution < 1.29 is 8.78 Å². The Kier molecular flexibility index (Phi) is 5.31. The summed E-state index contributed by atoms with van der Waals surface area (Å²) in [4.78, 5) is 25.3. The van der Waals surface area contributed by atoms with Gasteiger partial charge in [-0.25, -0.2) is 18.7 Å². The number of hydrogen-bond donors (Lipinski definition) is 2. The largest absolute Gasteiger partial charge is 0.343 e. The normalized spacial score (nSPS) is 11.0. The van der Waals surface area contributed by atoms with Gasteiger partial charge in [-0.1, -0.05) is 18.2 Å². The second-order valence-electron chi connectivity index (χ2n) is 7.35. The van der Waals surface area contributed by atoms with Gasteiger partial charge in [-0.05, 0) is 36.4 Å². The number of rotatable bonds is 5. The minimum absolute atomic E-state index is 0.303. The lowest BCUT2D eigenvalue weighted by Crippen LogP contribution is -2.12. The van der Waals surface area contributed by atoms with E-state index in [0.29, 0.717) is 33.1 Å². The number of nitrogens with zero attached hydrogens (tertiary/aromatic N) is 3. The number of H-pyrrole nitrogens is 1. The standard InChI is InChI=1S/C24H17F2N5OS/c1-31(17-5-3-2-4-6-17)22-11-18-19(28-23(32)12-27-18)10-20(22)29-24-30-21(13-33-24)14-7-15(25)9-16(26)8-14/h2-13H,1H3,(H,28,32)(H,29,30). The molecule has 6 nitrogen and oxygen atoms in total. The lowest BCUT2D eigenvalue weighted by atomic mass is 10.1. The van der Waals surface area contributed by atoms with Gasteiger partial charge in [-0.15, -0.1) is 11.3 Å². The Morgan fingerprint density at radius 2 is 1.79 bits per heavy atom. The zero-order chi connectivity index (χ0) is 22.9. The number of aromatic amines is 1. The highest BCUT2D eigenvalue weighted by molar-refractivity contribution is 7.14. The lowest BCUT2D eigenvalue weighted by Gasteiger charge is -2.23. The fraction of sp³-hybridized carbons (Fsp3) is 0.0417. The first kappa shape index (κ1) is 20.8. The molecule has 0 saturated heterocycles. The van der Waals surface area contributed by atoms with Crippen molar-refractivity contribution in [2.45, 2.75) is 0 Å². The van der Waals surface area contributed by atoms with Crippen molar-refractivity contribution in [3.05, 3.63) is 94.2 Å². The zero-order valence-electron chi connectivity index (χ0n) is 17.3. The molecule has 0 aliphatic carbocycles. The molecule has 2 N–H and O–H groups in total. The highest BCUT2D eigenvalue weighted by Crippen LogP contribution is 2.36. The van der Waals surface area contributed by atoms with Gasteiger partial charge in [-0.2, -0.15) is 0 Å². The monoisotopic (exact) mass is 461 g/mol. The summed E-state index contributed by atoms with van der Waals surface area (Å²) in [6.07, 6.45) is 1.24. The van der Waals surface area contributed by atoms with Gasteiger partial charge in [0, 0.05) is 29.7 Å². The van der Waals surface area contributed by atoms with Crippen LogP contribution in [0.15, 0.2) is 77.0 Å². The van der Waals surface area contributed by atoms with Crippen LogP contribution >= 0.6 is 11.3 Å². The maximum Gasteiger partial charge on any atom is 0.266 e. The third-order valence-electron chi connectivity index (χ3n) is 5.10. The molecule has 2 aromatic heterocycles. The number of aromatic nitrogens is 3. The zero-order valence-corrected chi connectivity index (χ0v) is 18.2. The van der Waals surface area contributed by atoms with Crippen molar-refractivity contribution in [2.24, 2.45) is 0 Å². The predicted molar refractivity (Wildman–Crippen MR) is 128 cm³/mol. The van der Waals surface area contributed by atoms with E-state index in [2.05, 4.69) is 20.3 Å². The molecule has 0 radical (unpaired) electrons. The fourth-order valence-corrected chi connectivity index (χ4v) is 4.26. The predicted octanol–water partition coefficient (Wildman–Crippen LogP) is 5.84. The second kappa shape index (κ2) is 8.44. The molecule has 0 aliphatic heterocycles. The highest BCUT2D eigenvalue weighted by Gasteiger charge is 2.15. The Balaban J connectivity index is 1.57. The molecule has 0 unspecified atom stereocenters. The Labute approximate surface area is 191 Å². The molecule has 5 aromatic rings. The van der Waals surface area contributed by atoms with E-state index in [-0.39, 0.29) is 5.56 Å². The average Bonchev–Trinajstić information content (AvgIpc) is 3.27. The molecule has 3 aromatic carbocycles. The van der Waals surface area contributed by atoms with Gasteiger partial charge in [0.15, 0.2) is 5.13 Å². The molecule has 2 heterocycles. The summed E-state index contributed by atoms with van der Waals surface area (Å²) in [5.41, 5.74) is 4.15. The summed E-state index contributed by atoms with van der Waals surface area (Å²) in [5.74, 6) is -1.32. The van der Waals surface area contributed by atoms with Crippen molar-refractivity contribution in [3.63, 3.8) is 0 Å². The van der Waals surface area contributed by atoms with E-state index in [9.17, 15) is 13.6 Å². The van der Waals surface area contributed by atoms with E-state index in [0.717, 1.165) is 17.4 Å². The fourth-order valence-electron chi connectivity index (χ4n) is 3.53. The molecule has 0 saturated carbocycles. The number of benzene rings is 3. The summed E-state index contributed by atoms with van der Waals surface area (Å²) >= 11 is 1.30. The molecule has 33 heavy (non-hydrogen) atoms. The van der Waals surface area contributed by atoms with Crippen LogP contribution in [-0.4, -0.2) is 22.0 Å². The van der Waals surface area contributed by atoms with Crippen LogP contribution in [0.25, 0.3) is 22.3 Å². The Hall–Kier alpha value is -4.11. The van der Waals surface area contributed by atoms with E-state index < -0.39 is 11.6 Å². The van der Waals surface area contributed by atoms with Crippen LogP contribution in [0.3, 0.4) is 0 Å². The molecule has 0 spiro atoms. The van der Waals surface area contributed by atoms with Gasteiger partial charge in [0.1, 0.15) is 11.6 Å². The quantitative estimate of drug-likeness (QED) is 0.344. The number of hydrogen-bond acceptors (Lipinski definition) is 6. The van der Waals surface area contributed by atoms with Crippen molar-refractivity contribution in [3.8, 4) is 11.3 Å². The summed E-state index contributed by atoms with van der Waals surface area (Å²) in [5, 5.41) is 5.54. The van der Waals surface area contributed by atoms with E-state index in [1.807, 2.05) is 48.3 Å². The topological polar surface area (TPSA) is 73.9 Å². The van der Waals surface area contributed by atoms with E-state index in [1.165, 1.54) is 29.7 Å². The molecule has 0 fully saturated rings. The van der Waals surface area contributed by atoms with Crippen LogP contribution in [0.5, 0.6) is 0 Å². The Morgan fingerprint density at radius 3 is 2.55 bits per heavy atom. The molecule has 0 aliphatic rings. The van der Waals surface area contributed by atoms with Crippen LogP contribution in [0.1, 0.15) is 0 Å². The van der Waals surface area contributed by atoms with Crippen molar-refractivity contribution >= 4 is 44.6 Å². The number of thiazole rings is 1. The van der Waals surface area contributed by atoms with E-state index in [1.54, 1.807) is 11.4 Å². The summed E-state index contributed by atoms with van der Waals surface area (Å²) < 4.78 is 27.3. The van der Waals surface area contributed by atoms with Crippen molar-refractivity contribution in [2.75, 3.05) is 17.3 Å². The maximum absolute atomic E-state index is 13.6. The molecule has 0 bridgehead atoms. The van der Waals surface area contributed by atoms with Gasteiger partial charge in [-0.3, -0.25) is 4.79 Å². The number of fused-ring (bicyclic) bond motifs is 1. The molecule has 164 valence electrons. The average molecular weight is 461 g/mol. The summed E-state index contributed by atoms with van der Waals surface area (Å²) in [6, 6.07) is 16.8. The van der Waals surface area contributed by atoms with Gasteiger partial charge in [0.05, 0.1) is 34.3 Å². The number of halogens is 2. The van der Waals surface area contributed by atoms with Gasteiger partial charge < -0.3 is 15.2 Å². The summed E-state index contributed by atoms with van der Waals surface area (Å²) in [7, 11) is 1.93. The van der Waals surface area contributed by atoms with Gasteiger partial charge in [0.2, 0.25) is 0 Å². The van der Waals surface area contributed by atoms with Crippen LogP contribution in [0, 0.1) is 11.6 Å². The molecular weight excluding hydrogens is 444 g/mol. The smallest absolute Gasteiger partial charge is 0.266 e. The minimum atomic E-state index is -0.662. The van der Waals surface area contributed by atoms with Crippen LogP contribution < -0.4 is 15.8 Å². The van der Waals surface area contributed by atoms with E-state index in [4.69, 9.17) is 0 Å². The van der Waals surface area contributed by atoms with E-state index >= 15 is 0 Å². The van der Waals surface area contributed by atoms with Crippen LogP contribution in [0.4, 0.5) is 31.0 Å². The highest BCUT2D eigenvalue weighted by atomic mass is 32.1.